The Balaban J connectivity index is 4.63. The third-order valence-corrected chi connectivity index (χ3v) is 3.55. The molecule has 11 heteroatoms. The van der Waals surface area contributed by atoms with E-state index in [0.29, 0.717) is 0 Å². The van der Waals surface area contributed by atoms with Crippen molar-refractivity contribution in [2.24, 2.45) is 17.4 Å². The fraction of sp³-hybridized carbons (Fsp3) is 0.688. The van der Waals surface area contributed by atoms with Crippen LogP contribution in [0.15, 0.2) is 0 Å². The molecule has 0 aromatic rings. The van der Waals surface area contributed by atoms with E-state index in [4.69, 9.17) is 16.6 Å². The molecule has 154 valence electrons. The first-order valence-corrected chi connectivity index (χ1v) is 8.58. The highest BCUT2D eigenvalue weighted by molar-refractivity contribution is 5.92. The molecule has 0 heterocycles. The molecule has 0 bridgehead atoms. The highest BCUT2D eigenvalue weighted by Gasteiger charge is 2.25. The zero-order valence-corrected chi connectivity index (χ0v) is 15.8. The van der Waals surface area contributed by atoms with E-state index in [9.17, 15) is 24.0 Å². The standard InChI is InChI=1S/C16H29N5O6/c1-8(2)6-11(15(25)20-9(3)16(26)27)21-13(23)7-19-14(24)10(17)4-5-12(18)22/h8-11H,4-7,17H2,1-3H3,(H2,18,22)(H,19,24)(H,20,25)(H,21,23)(H,26,27). The highest BCUT2D eigenvalue weighted by Crippen LogP contribution is 2.05. The lowest BCUT2D eigenvalue weighted by Crippen LogP contribution is -2.53. The van der Waals surface area contributed by atoms with Gasteiger partial charge < -0.3 is 32.5 Å². The molecule has 0 aromatic heterocycles. The molecule has 0 rings (SSSR count). The molecule has 0 saturated heterocycles. The third-order valence-electron chi connectivity index (χ3n) is 3.55. The number of amides is 4. The predicted octanol–water partition coefficient (Wildman–Crippen LogP) is -2.18. The van der Waals surface area contributed by atoms with E-state index < -0.39 is 54.3 Å². The molecule has 11 nitrogen and oxygen atoms in total. The normalized spacial score (nSPS) is 14.0. The second kappa shape index (κ2) is 11.8. The summed E-state index contributed by atoms with van der Waals surface area (Å²) in [6, 6.07) is -3.04. The SMILES string of the molecule is CC(C)CC(NC(=O)CNC(=O)C(N)CCC(N)=O)C(=O)NC(C)C(=O)O. The summed E-state index contributed by atoms with van der Waals surface area (Å²) >= 11 is 0. The zero-order chi connectivity index (χ0) is 21.1. The number of carbonyl (C=O) groups excluding carboxylic acids is 4. The molecular formula is C16H29N5O6. The first-order chi connectivity index (χ1) is 12.4. The van der Waals surface area contributed by atoms with E-state index in [0.717, 1.165) is 0 Å². The maximum Gasteiger partial charge on any atom is 0.325 e. The van der Waals surface area contributed by atoms with Crippen molar-refractivity contribution in [3.05, 3.63) is 0 Å². The van der Waals surface area contributed by atoms with Crippen LogP contribution in [0.25, 0.3) is 0 Å². The van der Waals surface area contributed by atoms with Crippen LogP contribution in [-0.4, -0.2) is 59.4 Å². The van der Waals surface area contributed by atoms with Crippen molar-refractivity contribution in [2.75, 3.05) is 6.54 Å². The number of nitrogens with two attached hydrogens (primary N) is 2. The number of aliphatic carboxylic acids is 1. The molecule has 0 radical (unpaired) electrons. The van der Waals surface area contributed by atoms with Crippen LogP contribution in [-0.2, 0) is 24.0 Å². The average Bonchev–Trinajstić information content (AvgIpc) is 2.56. The molecule has 27 heavy (non-hydrogen) atoms. The highest BCUT2D eigenvalue weighted by atomic mass is 16.4. The molecule has 4 amide bonds. The molecule has 0 aromatic carbocycles. The van der Waals surface area contributed by atoms with Gasteiger partial charge in [0.2, 0.25) is 23.6 Å². The van der Waals surface area contributed by atoms with E-state index in [1.165, 1.54) is 6.92 Å². The van der Waals surface area contributed by atoms with E-state index in [-0.39, 0.29) is 25.2 Å². The average molecular weight is 387 g/mol. The van der Waals surface area contributed by atoms with Crippen LogP contribution in [0.1, 0.15) is 40.0 Å². The van der Waals surface area contributed by atoms with Crippen molar-refractivity contribution in [2.45, 2.75) is 58.2 Å². The molecule has 0 spiro atoms. The molecule has 3 unspecified atom stereocenters. The summed E-state index contributed by atoms with van der Waals surface area (Å²) in [7, 11) is 0. The van der Waals surface area contributed by atoms with Gasteiger partial charge in [0.25, 0.3) is 0 Å². The predicted molar refractivity (Wildman–Crippen MR) is 96.0 cm³/mol. The second-order valence-electron chi connectivity index (χ2n) is 6.65. The fourth-order valence-corrected chi connectivity index (χ4v) is 2.05. The van der Waals surface area contributed by atoms with Crippen molar-refractivity contribution in [1.29, 1.82) is 0 Å². The van der Waals surface area contributed by atoms with Crippen LogP contribution >= 0.6 is 0 Å². The summed E-state index contributed by atoms with van der Waals surface area (Å²) in [6.07, 6.45) is 0.281. The molecule has 0 saturated carbocycles. The van der Waals surface area contributed by atoms with Gasteiger partial charge in [-0.15, -0.1) is 0 Å². The molecule has 0 aliphatic carbocycles. The summed E-state index contributed by atoms with van der Waals surface area (Å²) in [5, 5.41) is 15.9. The van der Waals surface area contributed by atoms with Gasteiger partial charge in [-0.3, -0.25) is 24.0 Å². The van der Waals surface area contributed by atoms with Crippen molar-refractivity contribution in [3.8, 4) is 0 Å². The molecular weight excluding hydrogens is 358 g/mol. The third kappa shape index (κ3) is 10.8. The number of hydrogen-bond donors (Lipinski definition) is 6. The van der Waals surface area contributed by atoms with Crippen molar-refractivity contribution < 1.29 is 29.1 Å². The van der Waals surface area contributed by atoms with Crippen LogP contribution in [0.4, 0.5) is 0 Å². The lowest BCUT2D eigenvalue weighted by molar-refractivity contribution is -0.141. The number of primary amides is 1. The van der Waals surface area contributed by atoms with Crippen molar-refractivity contribution >= 4 is 29.6 Å². The van der Waals surface area contributed by atoms with Gasteiger partial charge in [0.15, 0.2) is 0 Å². The van der Waals surface area contributed by atoms with Gasteiger partial charge in [0.1, 0.15) is 12.1 Å². The Kier molecular flexibility index (Phi) is 10.7. The molecule has 8 N–H and O–H groups in total. The van der Waals surface area contributed by atoms with E-state index in [1.807, 2.05) is 13.8 Å². The quantitative estimate of drug-likeness (QED) is 0.219. The topological polar surface area (TPSA) is 194 Å². The van der Waals surface area contributed by atoms with Gasteiger partial charge in [0, 0.05) is 6.42 Å². The van der Waals surface area contributed by atoms with Gasteiger partial charge in [0.05, 0.1) is 12.6 Å². The zero-order valence-electron chi connectivity index (χ0n) is 15.8. The first kappa shape index (κ1) is 24.3. The summed E-state index contributed by atoms with van der Waals surface area (Å²) in [5.74, 6) is -3.62. The van der Waals surface area contributed by atoms with Crippen LogP contribution in [0.5, 0.6) is 0 Å². The maximum atomic E-state index is 12.2. The maximum absolute atomic E-state index is 12.2. The van der Waals surface area contributed by atoms with Gasteiger partial charge in [-0.05, 0) is 25.7 Å². The van der Waals surface area contributed by atoms with E-state index >= 15 is 0 Å². The van der Waals surface area contributed by atoms with Crippen molar-refractivity contribution in [1.82, 2.24) is 16.0 Å². The molecule has 0 aliphatic heterocycles. The van der Waals surface area contributed by atoms with E-state index in [2.05, 4.69) is 16.0 Å². The Hall–Kier alpha value is -2.69. The van der Waals surface area contributed by atoms with Gasteiger partial charge in [-0.25, -0.2) is 0 Å². The van der Waals surface area contributed by atoms with Gasteiger partial charge in [-0.1, -0.05) is 13.8 Å². The Bertz CT molecular complexity index is 566. The fourth-order valence-electron chi connectivity index (χ4n) is 2.05. The summed E-state index contributed by atoms with van der Waals surface area (Å²) in [6.45, 7) is 4.57. The van der Waals surface area contributed by atoms with E-state index in [1.54, 1.807) is 0 Å². The number of nitrogens with one attached hydrogen (secondary N) is 3. The van der Waals surface area contributed by atoms with Gasteiger partial charge in [-0.2, -0.15) is 0 Å². The molecule has 3 atom stereocenters. The summed E-state index contributed by atoms with van der Waals surface area (Å²) in [4.78, 5) is 57.5. The Morgan fingerprint density at radius 3 is 2.07 bits per heavy atom. The summed E-state index contributed by atoms with van der Waals surface area (Å²) < 4.78 is 0. The smallest absolute Gasteiger partial charge is 0.325 e. The number of carbonyl (C=O) groups is 5. The lowest BCUT2D eigenvalue weighted by atomic mass is 10.0. The monoisotopic (exact) mass is 387 g/mol. The van der Waals surface area contributed by atoms with Gasteiger partial charge >= 0.3 is 5.97 Å². The second-order valence-corrected chi connectivity index (χ2v) is 6.65. The van der Waals surface area contributed by atoms with Crippen LogP contribution in [0.2, 0.25) is 0 Å². The first-order valence-electron chi connectivity index (χ1n) is 8.58. The number of carboxylic acids is 1. The van der Waals surface area contributed by atoms with Crippen LogP contribution in [0.3, 0.4) is 0 Å². The largest absolute Gasteiger partial charge is 0.480 e. The Morgan fingerprint density at radius 2 is 1.59 bits per heavy atom. The number of hydrogen-bond acceptors (Lipinski definition) is 6. The number of rotatable bonds is 12. The Morgan fingerprint density at radius 1 is 1.00 bits per heavy atom. The minimum atomic E-state index is -1.20. The minimum absolute atomic E-state index is 0.0498. The summed E-state index contributed by atoms with van der Waals surface area (Å²) in [5.41, 5.74) is 10.6. The van der Waals surface area contributed by atoms with Crippen LogP contribution in [0, 0.1) is 5.92 Å². The molecule has 0 fully saturated rings. The van der Waals surface area contributed by atoms with Crippen LogP contribution < -0.4 is 27.4 Å². The lowest BCUT2D eigenvalue weighted by Gasteiger charge is -2.21. The minimum Gasteiger partial charge on any atom is -0.480 e. The molecule has 0 aliphatic rings. The van der Waals surface area contributed by atoms with Crippen molar-refractivity contribution in [3.63, 3.8) is 0 Å². The number of carboxylic acid groups (broad SMARTS) is 1. The Labute approximate surface area is 157 Å².